The number of ether oxygens (including phenoxy) is 2. The van der Waals surface area contributed by atoms with Gasteiger partial charge in [-0.15, -0.1) is 13.2 Å². The molecule has 11 nitrogen and oxygen atoms in total. The van der Waals surface area contributed by atoms with Gasteiger partial charge in [-0.2, -0.15) is 9.97 Å². The Morgan fingerprint density at radius 3 is 2.28 bits per heavy atom. The van der Waals surface area contributed by atoms with Crippen LogP contribution in [0.4, 0.5) is 44.2 Å². The molecule has 1 saturated carbocycles. The second-order valence-corrected chi connectivity index (χ2v) is 11.0. The van der Waals surface area contributed by atoms with Crippen molar-refractivity contribution in [2.45, 2.75) is 50.6 Å². The number of anilines is 3. The molecule has 2 fully saturated rings. The van der Waals surface area contributed by atoms with Crippen LogP contribution in [0.1, 0.15) is 37.9 Å². The predicted octanol–water partition coefficient (Wildman–Crippen LogP) is 6.03. The Hall–Kier alpha value is -4.73. The summed E-state index contributed by atoms with van der Waals surface area (Å²) in [6.07, 6.45) is -5.00. The topological polar surface area (TPSA) is 118 Å². The van der Waals surface area contributed by atoms with E-state index >= 15 is 0 Å². The molecule has 2 aromatic heterocycles. The number of hydrogen-bond acceptors (Lipinski definition) is 8. The normalized spacial score (nSPS) is 18.9. The van der Waals surface area contributed by atoms with E-state index in [2.05, 4.69) is 30.7 Å². The Kier molecular flexibility index (Phi) is 9.05. The number of urea groups is 1. The summed E-state index contributed by atoms with van der Waals surface area (Å²) in [4.78, 5) is 28.1. The lowest BCUT2D eigenvalue weighted by molar-refractivity contribution is -0.274. The molecule has 2 aliphatic rings. The summed E-state index contributed by atoms with van der Waals surface area (Å²) in [5.74, 6) is 0.355. The number of morpholine rings is 1. The van der Waals surface area contributed by atoms with Gasteiger partial charge in [0.25, 0.3) is 6.43 Å². The van der Waals surface area contributed by atoms with Crippen molar-refractivity contribution in [2.24, 2.45) is 0 Å². The first-order valence-corrected chi connectivity index (χ1v) is 14.8. The van der Waals surface area contributed by atoms with E-state index in [1.54, 1.807) is 30.3 Å². The Labute approximate surface area is 260 Å². The third-order valence-electron chi connectivity index (χ3n) is 7.79. The number of amides is 2. The number of aromatic nitrogens is 4. The first-order valence-electron chi connectivity index (χ1n) is 14.8. The molecule has 1 saturated heterocycles. The lowest BCUT2D eigenvalue weighted by Crippen LogP contribution is -2.42. The van der Waals surface area contributed by atoms with Crippen molar-refractivity contribution in [1.82, 2.24) is 24.8 Å². The summed E-state index contributed by atoms with van der Waals surface area (Å²) < 4.78 is 76.1. The zero-order valence-electron chi connectivity index (χ0n) is 24.4. The number of carbonyl (C=O) groups excluding carboxylic acids is 1. The molecule has 3 heterocycles. The number of nitrogens with zero attached hydrogens (tertiary/aromatic N) is 5. The Bertz CT molecular complexity index is 1650. The first-order chi connectivity index (χ1) is 22.1. The van der Waals surface area contributed by atoms with Gasteiger partial charge in [0.05, 0.1) is 24.2 Å². The number of benzene rings is 2. The average molecular weight is 647 g/mol. The van der Waals surface area contributed by atoms with Crippen LogP contribution in [0.15, 0.2) is 54.6 Å². The van der Waals surface area contributed by atoms with Crippen LogP contribution in [0.25, 0.3) is 16.9 Å². The van der Waals surface area contributed by atoms with E-state index in [4.69, 9.17) is 9.72 Å². The maximum atomic E-state index is 14.2. The molecule has 1 aliphatic heterocycles. The van der Waals surface area contributed by atoms with Crippen molar-refractivity contribution in [3.8, 4) is 11.6 Å². The van der Waals surface area contributed by atoms with Crippen LogP contribution in [0.3, 0.4) is 0 Å². The molecular weight excluding hydrogens is 615 g/mol. The summed E-state index contributed by atoms with van der Waals surface area (Å²) >= 11 is 0. The van der Waals surface area contributed by atoms with Gasteiger partial charge < -0.3 is 30.3 Å². The zero-order valence-corrected chi connectivity index (χ0v) is 24.4. The van der Waals surface area contributed by atoms with E-state index in [1.807, 2.05) is 4.90 Å². The van der Waals surface area contributed by atoms with Gasteiger partial charge in [0, 0.05) is 36.9 Å². The summed E-state index contributed by atoms with van der Waals surface area (Å²) in [5.41, 5.74) is 1.25. The standard InChI is InChI=1S/C30H31F5N8O3/c31-26(32)27-39-22-3-1-2-4-23(22)43(27)25-17-24(42-13-15-45-16-14-42)40-28(41-25)36-18-5-7-19(8-6-18)37-29(44)38-20-9-11-21(12-10-20)46-30(33,34)35/h1-4,9-12,17-19,26H,5-8,13-16H2,(H,36,40,41)(H2,37,38,44). The number of rotatable bonds is 8. The van der Waals surface area contributed by atoms with Gasteiger partial charge in [-0.3, -0.25) is 4.57 Å². The molecule has 4 aromatic rings. The highest BCUT2D eigenvalue weighted by Gasteiger charge is 2.31. The minimum atomic E-state index is -4.80. The smallest absolute Gasteiger partial charge is 0.406 e. The van der Waals surface area contributed by atoms with Gasteiger partial charge in [-0.1, -0.05) is 12.1 Å². The summed E-state index contributed by atoms with van der Waals surface area (Å²) in [7, 11) is 0. The average Bonchev–Trinajstić information content (AvgIpc) is 3.43. The predicted molar refractivity (Wildman–Crippen MR) is 160 cm³/mol. The van der Waals surface area contributed by atoms with E-state index in [0.29, 0.717) is 80.5 Å². The van der Waals surface area contributed by atoms with E-state index in [-0.39, 0.29) is 23.7 Å². The highest BCUT2D eigenvalue weighted by atomic mass is 19.4. The van der Waals surface area contributed by atoms with Crippen LogP contribution in [0.5, 0.6) is 5.75 Å². The maximum Gasteiger partial charge on any atom is 0.573 e. The van der Waals surface area contributed by atoms with Crippen LogP contribution in [0, 0.1) is 0 Å². The molecule has 46 heavy (non-hydrogen) atoms. The van der Waals surface area contributed by atoms with Gasteiger partial charge >= 0.3 is 12.4 Å². The molecule has 244 valence electrons. The molecular formula is C30H31F5N8O3. The molecule has 0 atom stereocenters. The van der Waals surface area contributed by atoms with Crippen LogP contribution >= 0.6 is 0 Å². The van der Waals surface area contributed by atoms with Crippen molar-refractivity contribution < 1.29 is 36.2 Å². The van der Waals surface area contributed by atoms with Gasteiger partial charge in [-0.25, -0.2) is 18.6 Å². The fourth-order valence-electron chi connectivity index (χ4n) is 5.64. The molecule has 2 amide bonds. The quantitative estimate of drug-likeness (QED) is 0.199. The Balaban J connectivity index is 1.12. The highest BCUT2D eigenvalue weighted by molar-refractivity contribution is 5.89. The molecule has 0 bridgehead atoms. The van der Waals surface area contributed by atoms with E-state index in [9.17, 15) is 26.7 Å². The number of imidazole rings is 1. The van der Waals surface area contributed by atoms with Crippen LogP contribution < -0.4 is 25.6 Å². The SMILES string of the molecule is O=C(Nc1ccc(OC(F)(F)F)cc1)NC1CCC(Nc2nc(N3CCOCC3)cc(-n3c(C(F)F)nc4ccccc43)n2)CC1. The molecule has 0 radical (unpaired) electrons. The number of alkyl halides is 5. The van der Waals surface area contributed by atoms with Crippen molar-refractivity contribution in [1.29, 1.82) is 0 Å². The fourth-order valence-corrected chi connectivity index (χ4v) is 5.64. The number of fused-ring (bicyclic) bond motifs is 1. The lowest BCUT2D eigenvalue weighted by atomic mass is 9.91. The lowest BCUT2D eigenvalue weighted by Gasteiger charge is -2.31. The molecule has 1 aliphatic carbocycles. The van der Waals surface area contributed by atoms with Gasteiger partial charge in [0.15, 0.2) is 5.82 Å². The van der Waals surface area contributed by atoms with Crippen LogP contribution in [0.2, 0.25) is 0 Å². The fraction of sp³-hybridized carbons (Fsp3) is 0.400. The summed E-state index contributed by atoms with van der Waals surface area (Å²) in [5, 5.41) is 8.89. The van der Waals surface area contributed by atoms with Crippen molar-refractivity contribution in [2.75, 3.05) is 41.8 Å². The molecule has 6 rings (SSSR count). The molecule has 0 spiro atoms. The molecule has 3 N–H and O–H groups in total. The number of nitrogens with one attached hydrogen (secondary N) is 3. The summed E-state index contributed by atoms with van der Waals surface area (Å²) in [6, 6.07) is 12.8. The third kappa shape index (κ3) is 7.55. The number of halogens is 5. The van der Waals surface area contributed by atoms with Crippen LogP contribution in [-0.4, -0.2) is 70.3 Å². The third-order valence-corrected chi connectivity index (χ3v) is 7.79. The van der Waals surface area contributed by atoms with Gasteiger partial charge in [0.2, 0.25) is 5.95 Å². The van der Waals surface area contributed by atoms with Gasteiger partial charge in [-0.05, 0) is 62.1 Å². The second-order valence-electron chi connectivity index (χ2n) is 11.0. The highest BCUT2D eigenvalue weighted by Crippen LogP contribution is 2.30. The Morgan fingerprint density at radius 1 is 0.913 bits per heavy atom. The van der Waals surface area contributed by atoms with Gasteiger partial charge in [0.1, 0.15) is 17.4 Å². The molecule has 2 aromatic carbocycles. The zero-order chi connectivity index (χ0) is 32.3. The minimum Gasteiger partial charge on any atom is -0.406 e. The van der Waals surface area contributed by atoms with Crippen molar-refractivity contribution >= 4 is 34.5 Å². The second kappa shape index (κ2) is 13.3. The molecule has 0 unspecified atom stereocenters. The maximum absolute atomic E-state index is 14.2. The summed E-state index contributed by atoms with van der Waals surface area (Å²) in [6.45, 7) is 2.21. The first kappa shape index (κ1) is 31.3. The number of hydrogen-bond donors (Lipinski definition) is 3. The van der Waals surface area contributed by atoms with Crippen LogP contribution in [-0.2, 0) is 4.74 Å². The van der Waals surface area contributed by atoms with Crippen molar-refractivity contribution in [3.63, 3.8) is 0 Å². The minimum absolute atomic E-state index is 0.0378. The molecule has 16 heteroatoms. The van der Waals surface area contributed by atoms with E-state index in [1.165, 1.54) is 16.7 Å². The van der Waals surface area contributed by atoms with E-state index in [0.717, 1.165) is 12.1 Å². The number of para-hydroxylation sites is 2. The van der Waals surface area contributed by atoms with Crippen molar-refractivity contribution in [3.05, 3.63) is 60.4 Å². The largest absolute Gasteiger partial charge is 0.573 e. The number of carbonyl (C=O) groups is 1. The van der Waals surface area contributed by atoms with E-state index < -0.39 is 24.6 Å². The monoisotopic (exact) mass is 646 g/mol. The Morgan fingerprint density at radius 2 is 1.59 bits per heavy atom.